The normalized spacial score (nSPS) is 25.9. The Morgan fingerprint density at radius 3 is 2.55 bits per heavy atom. The van der Waals surface area contributed by atoms with Crippen molar-refractivity contribution in [3.8, 4) is 11.3 Å². The second kappa shape index (κ2) is 8.74. The first-order valence-corrected chi connectivity index (χ1v) is 13.5. The summed E-state index contributed by atoms with van der Waals surface area (Å²) < 4.78 is 2.07. The summed E-state index contributed by atoms with van der Waals surface area (Å²) in [6, 6.07) is 10.9. The Hall–Kier alpha value is -3.56. The Bertz CT molecular complexity index is 1480. The van der Waals surface area contributed by atoms with Crippen LogP contribution in [0.1, 0.15) is 47.2 Å². The molecule has 6 heterocycles. The van der Waals surface area contributed by atoms with Crippen molar-refractivity contribution in [1.82, 2.24) is 29.6 Å². The summed E-state index contributed by atoms with van der Waals surface area (Å²) in [5.74, 6) is -0.822. The van der Waals surface area contributed by atoms with Crippen LogP contribution in [0.5, 0.6) is 0 Å². The van der Waals surface area contributed by atoms with Gasteiger partial charge in [0.05, 0.1) is 5.69 Å². The van der Waals surface area contributed by atoms with Crippen molar-refractivity contribution in [3.05, 3.63) is 53.2 Å². The Labute approximate surface area is 221 Å². The van der Waals surface area contributed by atoms with Gasteiger partial charge in [-0.3, -0.25) is 29.5 Å². The molecule has 0 saturated carbocycles. The maximum absolute atomic E-state index is 13.1. The van der Waals surface area contributed by atoms with Crippen molar-refractivity contribution in [2.45, 2.75) is 56.9 Å². The van der Waals surface area contributed by atoms with E-state index in [-0.39, 0.29) is 24.1 Å². The number of fused-ring (bicyclic) bond motifs is 4. The molecule has 3 aromatic rings. The number of pyridine rings is 1. The second-order valence-electron chi connectivity index (χ2n) is 11.3. The Kier molecular flexibility index (Phi) is 5.42. The van der Waals surface area contributed by atoms with Crippen LogP contribution in [0.3, 0.4) is 0 Å². The highest BCUT2D eigenvalue weighted by Crippen LogP contribution is 2.34. The molecule has 196 valence electrons. The predicted octanol–water partition coefficient (Wildman–Crippen LogP) is 2.28. The summed E-state index contributed by atoms with van der Waals surface area (Å²) in [6.07, 6.45) is 5.24. The van der Waals surface area contributed by atoms with Crippen LogP contribution in [0.2, 0.25) is 0 Å². The first kappa shape index (κ1) is 23.5. The number of nitrogens with zero attached hydrogens (tertiary/aromatic N) is 5. The molecule has 4 aliphatic heterocycles. The summed E-state index contributed by atoms with van der Waals surface area (Å²) in [6.45, 7) is 3.44. The number of hydrogen-bond acceptors (Lipinski definition) is 6. The number of likely N-dealkylation sites (tertiary alicyclic amines) is 1. The lowest BCUT2D eigenvalue weighted by atomic mass is 10.0. The third-order valence-corrected chi connectivity index (χ3v) is 9.06. The summed E-state index contributed by atoms with van der Waals surface area (Å²) in [4.78, 5) is 48.9. The Balaban J connectivity index is 1.19. The van der Waals surface area contributed by atoms with Gasteiger partial charge in [0.1, 0.15) is 11.7 Å². The second-order valence-corrected chi connectivity index (χ2v) is 11.3. The van der Waals surface area contributed by atoms with Crippen LogP contribution in [0, 0.1) is 0 Å². The highest BCUT2D eigenvalue weighted by Gasteiger charge is 2.39. The van der Waals surface area contributed by atoms with Crippen LogP contribution >= 0.6 is 0 Å². The molecule has 0 aliphatic carbocycles. The molecule has 3 atom stereocenters. The van der Waals surface area contributed by atoms with Crippen molar-refractivity contribution in [1.29, 1.82) is 0 Å². The quantitative estimate of drug-likeness (QED) is 0.540. The van der Waals surface area contributed by atoms with E-state index in [4.69, 9.17) is 4.98 Å². The van der Waals surface area contributed by atoms with E-state index in [9.17, 15) is 14.4 Å². The third kappa shape index (κ3) is 3.75. The maximum atomic E-state index is 13.1. The molecule has 2 aromatic heterocycles. The van der Waals surface area contributed by atoms with Crippen LogP contribution in [-0.4, -0.2) is 80.2 Å². The monoisotopic (exact) mass is 512 g/mol. The molecule has 38 heavy (non-hydrogen) atoms. The molecule has 7 rings (SSSR count). The number of hydrogen-bond donors (Lipinski definition) is 1. The third-order valence-electron chi connectivity index (χ3n) is 9.06. The summed E-state index contributed by atoms with van der Waals surface area (Å²) in [5, 5.41) is 3.55. The number of carbonyl (C=O) groups excluding carboxylic acids is 3. The standard InChI is InChI=1S/C29H32N6O3/c1-32-10-9-22-19(13-34-15-20-4-5-21(16-34)33(20)2)12-24(30-27(22)32)17-3-6-23-18(11-17)14-35(29(23)38)25-7-8-26(36)31-28(25)37/h3,6,9-12,20-21,25H,4-5,7-8,13-16H2,1-2H3,(H,31,36,37). The largest absolute Gasteiger partial charge is 0.336 e. The summed E-state index contributed by atoms with van der Waals surface area (Å²) in [7, 11) is 4.29. The molecule has 2 bridgehead atoms. The molecule has 9 nitrogen and oxygen atoms in total. The highest BCUT2D eigenvalue weighted by molar-refractivity contribution is 6.05. The Morgan fingerprint density at radius 2 is 1.79 bits per heavy atom. The first-order chi connectivity index (χ1) is 18.4. The van der Waals surface area contributed by atoms with Gasteiger partial charge < -0.3 is 9.47 Å². The van der Waals surface area contributed by atoms with Crippen LogP contribution in [0.4, 0.5) is 0 Å². The minimum atomic E-state index is -0.612. The molecule has 1 N–H and O–H groups in total. The lowest BCUT2D eigenvalue weighted by Crippen LogP contribution is -2.52. The number of imide groups is 1. The van der Waals surface area contributed by atoms with E-state index in [1.807, 2.05) is 25.2 Å². The van der Waals surface area contributed by atoms with Crippen molar-refractivity contribution in [2.24, 2.45) is 7.05 Å². The number of benzene rings is 1. The van der Waals surface area contributed by atoms with E-state index >= 15 is 0 Å². The number of piperazine rings is 1. The van der Waals surface area contributed by atoms with Gasteiger partial charge in [0.15, 0.2) is 0 Å². The minimum absolute atomic E-state index is 0.155. The topological polar surface area (TPSA) is 90.8 Å². The van der Waals surface area contributed by atoms with E-state index in [1.165, 1.54) is 23.8 Å². The molecular weight excluding hydrogens is 480 g/mol. The predicted molar refractivity (Wildman–Crippen MR) is 142 cm³/mol. The molecular formula is C29H32N6O3. The van der Waals surface area contributed by atoms with Crippen LogP contribution in [0.25, 0.3) is 22.3 Å². The van der Waals surface area contributed by atoms with Gasteiger partial charge in [-0.2, -0.15) is 0 Å². The number of nitrogens with one attached hydrogen (secondary N) is 1. The number of piperidine rings is 1. The van der Waals surface area contributed by atoms with Crippen molar-refractivity contribution in [2.75, 3.05) is 20.1 Å². The van der Waals surface area contributed by atoms with Crippen LogP contribution in [-0.2, 0) is 29.7 Å². The maximum Gasteiger partial charge on any atom is 0.255 e. The fourth-order valence-corrected chi connectivity index (χ4v) is 6.88. The highest BCUT2D eigenvalue weighted by atomic mass is 16.2. The van der Waals surface area contributed by atoms with Gasteiger partial charge in [0.25, 0.3) is 5.91 Å². The zero-order chi connectivity index (χ0) is 26.1. The van der Waals surface area contributed by atoms with Gasteiger partial charge in [-0.15, -0.1) is 0 Å². The van der Waals surface area contributed by atoms with Crippen LogP contribution in [0.15, 0.2) is 36.5 Å². The number of rotatable bonds is 4. The summed E-state index contributed by atoms with van der Waals surface area (Å²) in [5.41, 5.74) is 5.59. The van der Waals surface area contributed by atoms with Crippen molar-refractivity contribution in [3.63, 3.8) is 0 Å². The molecule has 4 aliphatic rings. The zero-order valence-corrected chi connectivity index (χ0v) is 21.8. The van der Waals surface area contributed by atoms with Gasteiger partial charge in [-0.05, 0) is 61.7 Å². The van der Waals surface area contributed by atoms with E-state index in [0.717, 1.165) is 42.1 Å². The number of likely N-dealkylation sites (N-methyl/N-ethyl adjacent to an activating group) is 1. The fourth-order valence-electron chi connectivity index (χ4n) is 6.88. The van der Waals surface area contributed by atoms with Gasteiger partial charge in [-0.1, -0.05) is 6.07 Å². The van der Waals surface area contributed by atoms with Gasteiger partial charge in [0, 0.05) is 74.4 Å². The Morgan fingerprint density at radius 1 is 1.00 bits per heavy atom. The fraction of sp³-hybridized carbons (Fsp3) is 0.448. The SMILES string of the molecule is CN1C2CCC1CN(Cc1cc(-c3ccc4c(c3)CN(C3CCC(=O)NC3=O)C4=O)nc3c1ccn3C)C2. The molecule has 0 radical (unpaired) electrons. The molecule has 3 unspecified atom stereocenters. The average molecular weight is 513 g/mol. The van der Waals surface area contributed by atoms with Gasteiger partial charge >= 0.3 is 0 Å². The number of aryl methyl sites for hydroxylation is 1. The lowest BCUT2D eigenvalue weighted by Gasteiger charge is -2.39. The number of amides is 3. The molecule has 3 amide bonds. The number of carbonyl (C=O) groups is 3. The first-order valence-electron chi connectivity index (χ1n) is 13.5. The van der Waals surface area contributed by atoms with Crippen LogP contribution < -0.4 is 5.32 Å². The molecule has 3 saturated heterocycles. The zero-order valence-electron chi connectivity index (χ0n) is 21.8. The molecule has 3 fully saturated rings. The van der Waals surface area contributed by atoms with Crippen molar-refractivity contribution < 1.29 is 14.4 Å². The van der Waals surface area contributed by atoms with Gasteiger partial charge in [0.2, 0.25) is 11.8 Å². The van der Waals surface area contributed by atoms with Gasteiger partial charge in [-0.25, -0.2) is 4.98 Å². The minimum Gasteiger partial charge on any atom is -0.336 e. The number of aromatic nitrogens is 2. The average Bonchev–Trinajstić information content (AvgIpc) is 3.49. The smallest absolute Gasteiger partial charge is 0.255 e. The lowest BCUT2D eigenvalue weighted by molar-refractivity contribution is -0.136. The van der Waals surface area contributed by atoms with E-state index < -0.39 is 6.04 Å². The van der Waals surface area contributed by atoms with E-state index in [1.54, 1.807) is 4.90 Å². The van der Waals surface area contributed by atoms with Crippen molar-refractivity contribution >= 4 is 28.8 Å². The molecule has 1 aromatic carbocycles. The summed E-state index contributed by atoms with van der Waals surface area (Å²) >= 11 is 0. The molecule has 0 spiro atoms. The molecule has 9 heteroatoms. The van der Waals surface area contributed by atoms with E-state index in [0.29, 0.717) is 30.6 Å². The van der Waals surface area contributed by atoms with E-state index in [2.05, 4.69) is 45.1 Å².